The van der Waals surface area contributed by atoms with Crippen LogP contribution in [0.5, 0.6) is 0 Å². The fourth-order valence-electron chi connectivity index (χ4n) is 1.27. The minimum absolute atomic E-state index is 0.310. The molecule has 0 aliphatic heterocycles. The van der Waals surface area contributed by atoms with Crippen molar-refractivity contribution >= 4 is 5.97 Å². The summed E-state index contributed by atoms with van der Waals surface area (Å²) >= 11 is 0. The largest absolute Gasteiger partial charge is 0.479 e. The van der Waals surface area contributed by atoms with Gasteiger partial charge in [-0.15, -0.1) is 0 Å². The number of carboxylic acids is 1. The van der Waals surface area contributed by atoms with Crippen molar-refractivity contribution in [3.63, 3.8) is 0 Å². The Kier molecular flexibility index (Phi) is 4.13. The average Bonchev–Trinajstić information content (AvgIpc) is 2.19. The van der Waals surface area contributed by atoms with Gasteiger partial charge in [0.1, 0.15) is 0 Å². The molecule has 0 aliphatic rings. The lowest BCUT2D eigenvalue weighted by Crippen LogP contribution is -2.19. The first-order valence-electron chi connectivity index (χ1n) is 4.65. The van der Waals surface area contributed by atoms with Crippen molar-refractivity contribution in [1.29, 1.82) is 0 Å². The van der Waals surface area contributed by atoms with Crippen molar-refractivity contribution in [1.82, 2.24) is 0 Å². The van der Waals surface area contributed by atoms with Gasteiger partial charge in [0.05, 0.1) is 0 Å². The molecule has 3 nitrogen and oxygen atoms in total. The zero-order valence-corrected chi connectivity index (χ0v) is 7.89. The first kappa shape index (κ1) is 10.7. The average molecular weight is 194 g/mol. The number of carboxylic acid groups (broad SMARTS) is 1. The SMILES string of the molecule is O=C(O)[C@@H](O)CCCc1ccccc1. The summed E-state index contributed by atoms with van der Waals surface area (Å²) in [6, 6.07) is 9.82. The molecule has 2 N–H and O–H groups in total. The highest BCUT2D eigenvalue weighted by molar-refractivity contribution is 5.71. The molecular weight excluding hydrogens is 180 g/mol. The number of aryl methyl sites for hydroxylation is 1. The summed E-state index contributed by atoms with van der Waals surface area (Å²) in [5.41, 5.74) is 1.17. The Labute approximate surface area is 83.0 Å². The molecule has 0 heterocycles. The van der Waals surface area contributed by atoms with Crippen LogP contribution in [0.4, 0.5) is 0 Å². The topological polar surface area (TPSA) is 57.5 Å². The third-order valence-electron chi connectivity index (χ3n) is 2.07. The van der Waals surface area contributed by atoms with Gasteiger partial charge in [-0.25, -0.2) is 4.79 Å². The lowest BCUT2D eigenvalue weighted by molar-refractivity contribution is -0.146. The smallest absolute Gasteiger partial charge is 0.332 e. The van der Waals surface area contributed by atoms with Crippen molar-refractivity contribution in [3.8, 4) is 0 Å². The molecule has 1 rings (SSSR count). The van der Waals surface area contributed by atoms with Crippen LogP contribution in [0.15, 0.2) is 30.3 Å². The highest BCUT2D eigenvalue weighted by Gasteiger charge is 2.11. The summed E-state index contributed by atoms with van der Waals surface area (Å²) in [5.74, 6) is -1.14. The van der Waals surface area contributed by atoms with Gasteiger partial charge >= 0.3 is 5.97 Å². The van der Waals surface area contributed by atoms with Crippen LogP contribution in [-0.2, 0) is 11.2 Å². The number of aliphatic hydroxyl groups is 1. The van der Waals surface area contributed by atoms with Crippen LogP contribution in [0.1, 0.15) is 18.4 Å². The van der Waals surface area contributed by atoms with E-state index < -0.39 is 12.1 Å². The summed E-state index contributed by atoms with van der Waals surface area (Å²) < 4.78 is 0. The second kappa shape index (κ2) is 5.40. The number of hydrogen-bond acceptors (Lipinski definition) is 2. The van der Waals surface area contributed by atoms with Crippen LogP contribution in [0.3, 0.4) is 0 Å². The van der Waals surface area contributed by atoms with Gasteiger partial charge in [-0.2, -0.15) is 0 Å². The van der Waals surface area contributed by atoms with E-state index in [1.165, 1.54) is 5.56 Å². The molecule has 14 heavy (non-hydrogen) atoms. The molecule has 0 aromatic heterocycles. The number of carbonyl (C=O) groups is 1. The number of aliphatic carboxylic acids is 1. The predicted octanol–water partition coefficient (Wildman–Crippen LogP) is 1.45. The zero-order chi connectivity index (χ0) is 10.4. The van der Waals surface area contributed by atoms with Crippen LogP contribution in [0, 0.1) is 0 Å². The summed E-state index contributed by atoms with van der Waals surface area (Å²) in [7, 11) is 0. The second-order valence-corrected chi connectivity index (χ2v) is 3.23. The molecule has 1 atom stereocenters. The van der Waals surface area contributed by atoms with Crippen LogP contribution >= 0.6 is 0 Å². The third-order valence-corrected chi connectivity index (χ3v) is 2.07. The van der Waals surface area contributed by atoms with Crippen LogP contribution in [0.25, 0.3) is 0 Å². The van der Waals surface area contributed by atoms with Crippen molar-refractivity contribution in [2.75, 3.05) is 0 Å². The van der Waals surface area contributed by atoms with E-state index in [0.717, 1.165) is 6.42 Å². The Balaban J connectivity index is 2.26. The molecule has 0 fully saturated rings. The minimum Gasteiger partial charge on any atom is -0.479 e. The molecule has 0 amide bonds. The van der Waals surface area contributed by atoms with Crippen molar-refractivity contribution in [2.24, 2.45) is 0 Å². The van der Waals surface area contributed by atoms with E-state index in [9.17, 15) is 4.79 Å². The summed E-state index contributed by atoms with van der Waals surface area (Å²) in [5, 5.41) is 17.4. The summed E-state index contributed by atoms with van der Waals surface area (Å²) in [6.45, 7) is 0. The highest BCUT2D eigenvalue weighted by Crippen LogP contribution is 2.06. The Hall–Kier alpha value is -1.35. The molecule has 1 aromatic rings. The van der Waals surface area contributed by atoms with Crippen LogP contribution < -0.4 is 0 Å². The van der Waals surface area contributed by atoms with E-state index >= 15 is 0 Å². The Morgan fingerprint density at radius 3 is 2.50 bits per heavy atom. The van der Waals surface area contributed by atoms with Crippen molar-refractivity contribution in [2.45, 2.75) is 25.4 Å². The molecule has 0 aliphatic carbocycles. The van der Waals surface area contributed by atoms with E-state index in [4.69, 9.17) is 10.2 Å². The summed E-state index contributed by atoms with van der Waals surface area (Å²) in [6.07, 6.45) is 0.589. The second-order valence-electron chi connectivity index (χ2n) is 3.23. The Morgan fingerprint density at radius 2 is 1.93 bits per heavy atom. The molecule has 1 aromatic carbocycles. The lowest BCUT2D eigenvalue weighted by atomic mass is 10.1. The Morgan fingerprint density at radius 1 is 1.29 bits per heavy atom. The van der Waals surface area contributed by atoms with E-state index in [0.29, 0.717) is 12.8 Å². The minimum atomic E-state index is -1.22. The van der Waals surface area contributed by atoms with Gasteiger partial charge in [0, 0.05) is 0 Å². The Bertz CT molecular complexity index is 282. The van der Waals surface area contributed by atoms with Gasteiger partial charge in [-0.3, -0.25) is 0 Å². The summed E-state index contributed by atoms with van der Waals surface area (Å²) in [4.78, 5) is 10.3. The van der Waals surface area contributed by atoms with Gasteiger partial charge in [-0.05, 0) is 24.8 Å². The molecule has 0 spiro atoms. The van der Waals surface area contributed by atoms with Gasteiger partial charge in [0.15, 0.2) is 6.10 Å². The maximum atomic E-state index is 10.3. The molecule has 0 bridgehead atoms. The number of rotatable bonds is 5. The highest BCUT2D eigenvalue weighted by atomic mass is 16.4. The van der Waals surface area contributed by atoms with Gasteiger partial charge in [0.25, 0.3) is 0 Å². The predicted molar refractivity (Wildman–Crippen MR) is 53.0 cm³/mol. The standard InChI is InChI=1S/C11H14O3/c12-10(11(13)14)8-4-7-9-5-2-1-3-6-9/h1-3,5-6,10,12H,4,7-8H2,(H,13,14)/t10-/m0/s1. The molecule has 3 heteroatoms. The lowest BCUT2D eigenvalue weighted by Gasteiger charge is -2.04. The first-order valence-corrected chi connectivity index (χ1v) is 4.65. The van der Waals surface area contributed by atoms with Crippen LogP contribution in [0.2, 0.25) is 0 Å². The van der Waals surface area contributed by atoms with E-state index in [1.807, 2.05) is 30.3 Å². The maximum Gasteiger partial charge on any atom is 0.332 e. The molecule has 0 unspecified atom stereocenters. The number of hydrogen-bond donors (Lipinski definition) is 2. The van der Waals surface area contributed by atoms with Gasteiger partial charge in [0.2, 0.25) is 0 Å². The number of benzene rings is 1. The fraction of sp³-hybridized carbons (Fsp3) is 0.364. The third kappa shape index (κ3) is 3.58. The fourth-order valence-corrected chi connectivity index (χ4v) is 1.27. The molecule has 0 saturated carbocycles. The first-order chi connectivity index (χ1) is 6.70. The van der Waals surface area contributed by atoms with Gasteiger partial charge in [-0.1, -0.05) is 30.3 Å². The normalized spacial score (nSPS) is 12.4. The number of aliphatic hydroxyl groups excluding tert-OH is 1. The van der Waals surface area contributed by atoms with Crippen LogP contribution in [-0.4, -0.2) is 22.3 Å². The molecule has 0 radical (unpaired) electrons. The van der Waals surface area contributed by atoms with E-state index in [-0.39, 0.29) is 0 Å². The van der Waals surface area contributed by atoms with E-state index in [2.05, 4.69) is 0 Å². The molecular formula is C11H14O3. The molecule has 76 valence electrons. The van der Waals surface area contributed by atoms with Crippen molar-refractivity contribution < 1.29 is 15.0 Å². The molecule has 0 saturated heterocycles. The van der Waals surface area contributed by atoms with E-state index in [1.54, 1.807) is 0 Å². The van der Waals surface area contributed by atoms with Gasteiger partial charge < -0.3 is 10.2 Å². The van der Waals surface area contributed by atoms with Crippen molar-refractivity contribution in [3.05, 3.63) is 35.9 Å². The zero-order valence-electron chi connectivity index (χ0n) is 7.89. The quantitative estimate of drug-likeness (QED) is 0.746. The monoisotopic (exact) mass is 194 g/mol. The maximum absolute atomic E-state index is 10.3.